The van der Waals surface area contributed by atoms with Crippen LogP contribution in [0.2, 0.25) is 0 Å². The third-order valence-electron chi connectivity index (χ3n) is 3.98. The normalized spacial score (nSPS) is 26.7. The molecule has 0 spiro atoms. The molecule has 5 amide bonds. The molecule has 0 aromatic heterocycles. The molecule has 0 aliphatic carbocycles. The summed E-state index contributed by atoms with van der Waals surface area (Å²) >= 11 is 0. The zero-order chi connectivity index (χ0) is 16.7. The van der Waals surface area contributed by atoms with Crippen molar-refractivity contribution in [3.8, 4) is 0 Å². The largest absolute Gasteiger partial charge is 0.330 e. The smallest absolute Gasteiger partial charge is 0.325 e. The molecule has 0 saturated carbocycles. The van der Waals surface area contributed by atoms with E-state index in [1.54, 1.807) is 6.07 Å². The van der Waals surface area contributed by atoms with Crippen LogP contribution in [0.5, 0.6) is 0 Å². The van der Waals surface area contributed by atoms with E-state index in [2.05, 4.69) is 16.0 Å². The molecular formula is C13H13N5O5. The number of nitrogens with one attached hydrogen (secondary N) is 3. The summed E-state index contributed by atoms with van der Waals surface area (Å²) in [5, 5.41) is 18.2. The molecule has 3 unspecified atom stereocenters. The molecule has 1 aromatic rings. The Morgan fingerprint density at radius 3 is 2.65 bits per heavy atom. The van der Waals surface area contributed by atoms with E-state index in [1.165, 1.54) is 30.1 Å². The summed E-state index contributed by atoms with van der Waals surface area (Å²) in [5.41, 5.74) is 0.273. The van der Waals surface area contributed by atoms with E-state index in [4.69, 9.17) is 0 Å². The molecule has 2 fully saturated rings. The van der Waals surface area contributed by atoms with Gasteiger partial charge in [0, 0.05) is 19.2 Å². The summed E-state index contributed by atoms with van der Waals surface area (Å²) in [4.78, 5) is 47.3. The number of carbonyl (C=O) groups is 3. The minimum atomic E-state index is -0.825. The molecule has 3 atom stereocenters. The molecule has 10 nitrogen and oxygen atoms in total. The minimum absolute atomic E-state index is 0.146. The van der Waals surface area contributed by atoms with Gasteiger partial charge in [-0.3, -0.25) is 20.2 Å². The molecule has 120 valence electrons. The number of nitrogens with zero attached hydrogens (tertiary/aromatic N) is 2. The molecule has 3 rings (SSSR count). The standard InChI is InChI=1S/C13H13N5O5/c1-17-10-8(11(19)16-13(17)21)9(14-12(20)15-10)6-3-2-4-7(5-6)18(22)23/h2-5,8-10H,1H3,(H2,14,15,20)(H,16,19,21). The number of hydrogen-bond donors (Lipinski definition) is 3. The first kappa shape index (κ1) is 14.8. The van der Waals surface area contributed by atoms with Crippen molar-refractivity contribution in [1.82, 2.24) is 20.9 Å². The van der Waals surface area contributed by atoms with Gasteiger partial charge in [-0.25, -0.2) is 9.59 Å². The van der Waals surface area contributed by atoms with Gasteiger partial charge in [-0.1, -0.05) is 12.1 Å². The fourth-order valence-electron chi connectivity index (χ4n) is 2.84. The highest BCUT2D eigenvalue weighted by molar-refractivity contribution is 6.00. The van der Waals surface area contributed by atoms with E-state index in [0.29, 0.717) is 5.56 Å². The highest BCUT2D eigenvalue weighted by Gasteiger charge is 2.48. The highest BCUT2D eigenvalue weighted by atomic mass is 16.6. The molecule has 0 radical (unpaired) electrons. The topological polar surface area (TPSA) is 134 Å². The van der Waals surface area contributed by atoms with Gasteiger partial charge in [0.25, 0.3) is 5.69 Å². The van der Waals surface area contributed by atoms with Crippen LogP contribution in [0.4, 0.5) is 15.3 Å². The monoisotopic (exact) mass is 319 g/mol. The molecule has 3 N–H and O–H groups in total. The van der Waals surface area contributed by atoms with Gasteiger partial charge in [-0.15, -0.1) is 0 Å². The van der Waals surface area contributed by atoms with E-state index >= 15 is 0 Å². The van der Waals surface area contributed by atoms with Crippen molar-refractivity contribution >= 4 is 23.7 Å². The van der Waals surface area contributed by atoms with Crippen LogP contribution in [0.15, 0.2) is 24.3 Å². The Labute approximate surface area is 130 Å². The maximum Gasteiger partial charge on any atom is 0.325 e. The van der Waals surface area contributed by atoms with Gasteiger partial charge in [0.15, 0.2) is 0 Å². The number of fused-ring (bicyclic) bond motifs is 1. The van der Waals surface area contributed by atoms with Gasteiger partial charge in [0.2, 0.25) is 5.91 Å². The van der Waals surface area contributed by atoms with Gasteiger partial charge in [0.05, 0.1) is 11.0 Å². The Kier molecular flexibility index (Phi) is 3.36. The maximum atomic E-state index is 12.2. The van der Waals surface area contributed by atoms with E-state index in [1.807, 2.05) is 0 Å². The molecule has 0 bridgehead atoms. The first-order chi connectivity index (χ1) is 10.9. The summed E-state index contributed by atoms with van der Waals surface area (Å²) in [6.07, 6.45) is -0.825. The summed E-state index contributed by atoms with van der Waals surface area (Å²) in [7, 11) is 1.45. The van der Waals surface area contributed by atoms with Crippen LogP contribution < -0.4 is 16.0 Å². The third kappa shape index (κ3) is 2.43. The zero-order valence-corrected chi connectivity index (χ0v) is 12.0. The number of urea groups is 2. The molecule has 23 heavy (non-hydrogen) atoms. The van der Waals surface area contributed by atoms with Crippen molar-refractivity contribution in [3.05, 3.63) is 39.9 Å². The van der Waals surface area contributed by atoms with E-state index in [-0.39, 0.29) is 5.69 Å². The molecule has 1 aromatic carbocycles. The lowest BCUT2D eigenvalue weighted by atomic mass is 9.86. The fourth-order valence-corrected chi connectivity index (χ4v) is 2.84. The average molecular weight is 319 g/mol. The van der Waals surface area contributed by atoms with Gasteiger partial charge in [-0.05, 0) is 5.56 Å². The van der Waals surface area contributed by atoms with Gasteiger partial charge in [-0.2, -0.15) is 0 Å². The van der Waals surface area contributed by atoms with Crippen LogP contribution in [0, 0.1) is 16.0 Å². The molecule has 10 heteroatoms. The Bertz CT molecular complexity index is 720. The third-order valence-corrected chi connectivity index (χ3v) is 3.98. The minimum Gasteiger partial charge on any atom is -0.330 e. The van der Waals surface area contributed by atoms with Crippen LogP contribution in [0.3, 0.4) is 0 Å². The predicted molar refractivity (Wildman–Crippen MR) is 76.1 cm³/mol. The van der Waals surface area contributed by atoms with Gasteiger partial charge >= 0.3 is 12.1 Å². The number of non-ortho nitro benzene ring substituents is 1. The first-order valence-electron chi connectivity index (χ1n) is 6.77. The second kappa shape index (κ2) is 5.23. The first-order valence-corrected chi connectivity index (χ1v) is 6.77. The van der Waals surface area contributed by atoms with Crippen molar-refractivity contribution in [2.24, 2.45) is 5.92 Å². The fraction of sp³-hybridized carbons (Fsp3) is 0.308. The quantitative estimate of drug-likeness (QED) is 0.524. The highest BCUT2D eigenvalue weighted by Crippen LogP contribution is 2.32. The number of nitro groups is 1. The van der Waals surface area contributed by atoms with E-state index < -0.39 is 41.0 Å². The number of benzene rings is 1. The van der Waals surface area contributed by atoms with Crippen molar-refractivity contribution < 1.29 is 19.3 Å². The Balaban J connectivity index is 2.02. The average Bonchev–Trinajstić information content (AvgIpc) is 2.52. The molecule has 2 aliphatic heterocycles. The van der Waals surface area contributed by atoms with Crippen molar-refractivity contribution in [1.29, 1.82) is 0 Å². The second-order valence-electron chi connectivity index (χ2n) is 5.32. The van der Waals surface area contributed by atoms with E-state index in [9.17, 15) is 24.5 Å². The lowest BCUT2D eigenvalue weighted by Gasteiger charge is -2.45. The van der Waals surface area contributed by atoms with Crippen molar-refractivity contribution in [2.75, 3.05) is 7.05 Å². The van der Waals surface area contributed by atoms with Gasteiger partial charge in [0.1, 0.15) is 12.1 Å². The van der Waals surface area contributed by atoms with Crippen LogP contribution in [-0.2, 0) is 4.79 Å². The number of imide groups is 1. The maximum absolute atomic E-state index is 12.2. The summed E-state index contributed by atoms with van der Waals surface area (Å²) in [5.74, 6) is -1.36. The Hall–Kier alpha value is -3.17. The lowest BCUT2D eigenvalue weighted by molar-refractivity contribution is -0.384. The number of amides is 5. The van der Waals surface area contributed by atoms with Crippen LogP contribution in [-0.4, -0.2) is 41.0 Å². The van der Waals surface area contributed by atoms with E-state index in [0.717, 1.165) is 0 Å². The van der Waals surface area contributed by atoms with Crippen LogP contribution in [0.1, 0.15) is 11.6 Å². The van der Waals surface area contributed by atoms with Crippen LogP contribution in [0.25, 0.3) is 0 Å². The van der Waals surface area contributed by atoms with Gasteiger partial charge < -0.3 is 15.5 Å². The molecule has 2 saturated heterocycles. The van der Waals surface area contributed by atoms with Crippen molar-refractivity contribution in [3.63, 3.8) is 0 Å². The molecular weight excluding hydrogens is 306 g/mol. The summed E-state index contributed by atoms with van der Waals surface area (Å²) in [6.45, 7) is 0. The number of hydrogen-bond acceptors (Lipinski definition) is 5. The summed E-state index contributed by atoms with van der Waals surface area (Å²) < 4.78 is 0. The Morgan fingerprint density at radius 2 is 1.96 bits per heavy atom. The molecule has 2 aliphatic rings. The second-order valence-corrected chi connectivity index (χ2v) is 5.32. The number of carbonyl (C=O) groups excluding carboxylic acids is 3. The SMILES string of the molecule is CN1C(=O)NC(=O)C2C(c3cccc([N+](=O)[O-])c3)NC(=O)NC21. The van der Waals surface area contributed by atoms with Crippen LogP contribution >= 0.6 is 0 Å². The zero-order valence-electron chi connectivity index (χ0n) is 12.0. The lowest BCUT2D eigenvalue weighted by Crippen LogP contribution is -2.71. The summed E-state index contributed by atoms with van der Waals surface area (Å²) in [6, 6.07) is 3.73. The predicted octanol–water partition coefficient (Wildman–Crippen LogP) is 0.0726. The Morgan fingerprint density at radius 1 is 1.22 bits per heavy atom. The number of rotatable bonds is 2. The number of nitro benzene ring substituents is 1. The van der Waals surface area contributed by atoms with Crippen molar-refractivity contribution in [2.45, 2.75) is 12.2 Å². The molecule has 2 heterocycles.